The molecule has 11 heteroatoms. The molecule has 0 radical (unpaired) electrons. The van der Waals surface area contributed by atoms with Gasteiger partial charge < -0.3 is 28.4 Å². The van der Waals surface area contributed by atoms with Gasteiger partial charge in [-0.15, -0.1) is 0 Å². The summed E-state index contributed by atoms with van der Waals surface area (Å²) in [5.41, 5.74) is 7.66. The monoisotopic (exact) mass is 590 g/mol. The average molecular weight is 591 g/mol. The Morgan fingerprint density at radius 3 is 1.55 bits per heavy atom. The summed E-state index contributed by atoms with van der Waals surface area (Å²) in [6.45, 7) is 6.06. The van der Waals surface area contributed by atoms with Crippen molar-refractivity contribution in [2.24, 2.45) is 0 Å². The van der Waals surface area contributed by atoms with E-state index in [9.17, 15) is 0 Å². The van der Waals surface area contributed by atoms with Gasteiger partial charge in [0.15, 0.2) is 0 Å². The Morgan fingerprint density at radius 1 is 0.571 bits per heavy atom. The highest BCUT2D eigenvalue weighted by Gasteiger charge is 2.22. The minimum absolute atomic E-state index is 0.456. The van der Waals surface area contributed by atoms with Crippen LogP contribution in [0.1, 0.15) is 5.69 Å². The van der Waals surface area contributed by atoms with Gasteiger partial charge in [0.25, 0.3) is 0 Å². The van der Waals surface area contributed by atoms with Crippen LogP contribution >= 0.6 is 11.7 Å². The summed E-state index contributed by atoms with van der Waals surface area (Å²) >= 11 is 1.18. The Morgan fingerprint density at radius 2 is 1.05 bits per heavy atom. The third kappa shape index (κ3) is 7.18. The first kappa shape index (κ1) is 29.7. The highest BCUT2D eigenvalue weighted by molar-refractivity contribution is 7.00. The second kappa shape index (κ2) is 14.9. The van der Waals surface area contributed by atoms with E-state index in [0.717, 1.165) is 61.5 Å². The van der Waals surface area contributed by atoms with Gasteiger partial charge in [0.05, 0.1) is 68.1 Å². The summed E-state index contributed by atoms with van der Waals surface area (Å²) in [5.74, 6) is 1.52. The van der Waals surface area contributed by atoms with Crippen LogP contribution in [0.3, 0.4) is 0 Å². The maximum Gasteiger partial charge on any atom is 0.119 e. The number of ether oxygens (including phenoxy) is 6. The average Bonchev–Trinajstić information content (AvgIpc) is 3.49. The molecule has 0 bridgehead atoms. The largest absolute Gasteiger partial charge is 0.491 e. The van der Waals surface area contributed by atoms with Crippen LogP contribution in [0.2, 0.25) is 0 Å². The van der Waals surface area contributed by atoms with Crippen LogP contribution in [-0.4, -0.2) is 85.8 Å². The van der Waals surface area contributed by atoms with Gasteiger partial charge in [-0.2, -0.15) is 8.75 Å². The summed E-state index contributed by atoms with van der Waals surface area (Å²) in [6.07, 6.45) is 1.79. The molecule has 0 unspecified atom stereocenters. The zero-order chi connectivity index (χ0) is 29.1. The third-order valence-electron chi connectivity index (χ3n) is 6.47. The number of hydrogen-bond acceptors (Lipinski definition) is 11. The standard InChI is InChI=1S/C31H34N4O6S/c1-21-20-32-28-26(22-4-8-24(9-5-22)40-18-16-38-14-12-36-2)30-31(35-42-34-30)27(29(28)33-21)23-6-10-25(11-7-23)41-19-17-39-15-13-37-3/h4-11,20H,12-19H2,1-3H3. The molecule has 0 aliphatic heterocycles. The van der Waals surface area contributed by atoms with Crippen molar-refractivity contribution in [2.75, 3.05) is 67.1 Å². The van der Waals surface area contributed by atoms with Crippen LogP contribution in [-0.2, 0) is 18.9 Å². The lowest BCUT2D eigenvalue weighted by molar-refractivity contribution is 0.0544. The van der Waals surface area contributed by atoms with Crippen molar-refractivity contribution in [1.82, 2.24) is 18.7 Å². The van der Waals surface area contributed by atoms with E-state index in [1.54, 1.807) is 20.4 Å². The maximum absolute atomic E-state index is 5.85. The number of aryl methyl sites for hydroxylation is 1. The molecule has 0 aliphatic carbocycles. The molecule has 10 nitrogen and oxygen atoms in total. The fraction of sp³-hybridized carbons (Fsp3) is 0.355. The smallest absolute Gasteiger partial charge is 0.119 e. The predicted molar refractivity (Wildman–Crippen MR) is 162 cm³/mol. The molecule has 42 heavy (non-hydrogen) atoms. The number of methoxy groups -OCH3 is 2. The number of hydrogen-bond donors (Lipinski definition) is 0. The molecule has 3 aromatic carbocycles. The van der Waals surface area contributed by atoms with Crippen LogP contribution in [0.25, 0.3) is 44.3 Å². The first-order chi connectivity index (χ1) is 20.7. The molecule has 2 aromatic heterocycles. The molecule has 0 saturated carbocycles. The molecule has 2 heterocycles. The van der Waals surface area contributed by atoms with Crippen molar-refractivity contribution < 1.29 is 28.4 Å². The predicted octanol–water partition coefficient (Wildman–Crippen LogP) is 5.36. The molecule has 0 atom stereocenters. The van der Waals surface area contributed by atoms with Gasteiger partial charge in [0.1, 0.15) is 35.7 Å². The van der Waals surface area contributed by atoms with Crippen molar-refractivity contribution >= 4 is 33.8 Å². The minimum Gasteiger partial charge on any atom is -0.491 e. The molecular formula is C31H34N4O6S. The van der Waals surface area contributed by atoms with Gasteiger partial charge in [0, 0.05) is 31.5 Å². The lowest BCUT2D eigenvalue weighted by Crippen LogP contribution is -2.09. The topological polar surface area (TPSA) is 107 Å². The number of fused-ring (bicyclic) bond motifs is 2. The molecule has 0 aliphatic rings. The fourth-order valence-corrected chi connectivity index (χ4v) is 5.04. The Bertz CT molecular complexity index is 1580. The molecule has 0 amide bonds. The van der Waals surface area contributed by atoms with Crippen LogP contribution in [0.5, 0.6) is 11.5 Å². The number of rotatable bonds is 16. The van der Waals surface area contributed by atoms with E-state index >= 15 is 0 Å². The number of benzene rings is 3. The van der Waals surface area contributed by atoms with E-state index in [0.29, 0.717) is 52.9 Å². The molecule has 0 fully saturated rings. The zero-order valence-corrected chi connectivity index (χ0v) is 24.8. The first-order valence-corrected chi connectivity index (χ1v) is 14.4. The van der Waals surface area contributed by atoms with Crippen LogP contribution < -0.4 is 9.47 Å². The Hall–Kier alpha value is -3.74. The van der Waals surface area contributed by atoms with Gasteiger partial charge in [-0.25, -0.2) is 4.98 Å². The first-order valence-electron chi connectivity index (χ1n) is 13.7. The van der Waals surface area contributed by atoms with E-state index in [4.69, 9.17) is 47.1 Å². The molecule has 0 spiro atoms. The lowest BCUT2D eigenvalue weighted by Gasteiger charge is -2.14. The zero-order valence-electron chi connectivity index (χ0n) is 24.0. The minimum atomic E-state index is 0.456. The van der Waals surface area contributed by atoms with Gasteiger partial charge in [-0.05, 0) is 42.3 Å². The molecule has 0 saturated heterocycles. The Kier molecular flexibility index (Phi) is 10.6. The highest BCUT2D eigenvalue weighted by Crippen LogP contribution is 2.41. The lowest BCUT2D eigenvalue weighted by atomic mass is 9.95. The molecule has 5 aromatic rings. The fourth-order valence-electron chi connectivity index (χ4n) is 4.48. The Balaban J connectivity index is 1.41. The van der Waals surface area contributed by atoms with Crippen LogP contribution in [0, 0.1) is 6.92 Å². The maximum atomic E-state index is 5.85. The van der Waals surface area contributed by atoms with Gasteiger partial charge >= 0.3 is 0 Å². The van der Waals surface area contributed by atoms with E-state index < -0.39 is 0 Å². The molecular weight excluding hydrogens is 556 g/mol. The second-order valence-electron chi connectivity index (χ2n) is 9.38. The molecule has 5 rings (SSSR count). The van der Waals surface area contributed by atoms with Crippen molar-refractivity contribution in [1.29, 1.82) is 0 Å². The normalized spacial score (nSPS) is 11.4. The summed E-state index contributed by atoms with van der Waals surface area (Å²) in [7, 11) is 3.30. The number of aromatic nitrogens is 4. The van der Waals surface area contributed by atoms with Gasteiger partial charge in [-0.3, -0.25) is 4.98 Å². The van der Waals surface area contributed by atoms with E-state index in [-0.39, 0.29) is 0 Å². The van der Waals surface area contributed by atoms with E-state index in [1.807, 2.05) is 55.5 Å². The van der Waals surface area contributed by atoms with Gasteiger partial charge in [-0.1, -0.05) is 24.3 Å². The quantitative estimate of drug-likeness (QED) is 0.139. The summed E-state index contributed by atoms with van der Waals surface area (Å²) in [5, 5.41) is 0. The Labute approximate surface area is 248 Å². The van der Waals surface area contributed by atoms with Crippen molar-refractivity contribution in [3.8, 4) is 33.8 Å². The van der Waals surface area contributed by atoms with Crippen LogP contribution in [0.4, 0.5) is 0 Å². The summed E-state index contributed by atoms with van der Waals surface area (Å²) in [6, 6.07) is 15.8. The summed E-state index contributed by atoms with van der Waals surface area (Å²) < 4.78 is 42.1. The third-order valence-corrected chi connectivity index (χ3v) is 7.00. The van der Waals surface area contributed by atoms with Crippen LogP contribution in [0.15, 0.2) is 54.7 Å². The molecule has 220 valence electrons. The number of nitrogens with zero attached hydrogens (tertiary/aromatic N) is 4. The summed E-state index contributed by atoms with van der Waals surface area (Å²) in [4.78, 5) is 9.77. The molecule has 0 N–H and O–H groups in total. The van der Waals surface area contributed by atoms with Crippen molar-refractivity contribution in [3.05, 3.63) is 60.4 Å². The highest BCUT2D eigenvalue weighted by atomic mass is 32.1. The van der Waals surface area contributed by atoms with Gasteiger partial charge in [0.2, 0.25) is 0 Å². The van der Waals surface area contributed by atoms with Crippen molar-refractivity contribution in [3.63, 3.8) is 0 Å². The second-order valence-corrected chi connectivity index (χ2v) is 9.90. The SMILES string of the molecule is COCCOCCOc1ccc(-c2c3ncc(C)nc3c(-c3ccc(OCCOCCOC)cc3)c3nsnc23)cc1. The van der Waals surface area contributed by atoms with E-state index in [2.05, 4.69) is 0 Å². The van der Waals surface area contributed by atoms with Crippen molar-refractivity contribution in [2.45, 2.75) is 6.92 Å². The van der Waals surface area contributed by atoms with E-state index in [1.165, 1.54) is 11.7 Å².